The van der Waals surface area contributed by atoms with Crippen LogP contribution in [-0.2, 0) is 15.1 Å². The summed E-state index contributed by atoms with van der Waals surface area (Å²) in [6, 6.07) is 13.8. The van der Waals surface area contributed by atoms with Gasteiger partial charge in [-0.05, 0) is 36.2 Å². The topological polar surface area (TPSA) is 114 Å². The molecule has 0 radical (unpaired) electrons. The highest BCUT2D eigenvalue weighted by atomic mass is 35.7. The van der Waals surface area contributed by atoms with Crippen LogP contribution in [-0.4, -0.2) is 18.7 Å². The molecule has 0 aliphatic heterocycles. The number of halogens is 1. The van der Waals surface area contributed by atoms with Crippen molar-refractivity contribution in [2.75, 3.05) is 12.5 Å². The van der Waals surface area contributed by atoms with Crippen LogP contribution in [0.2, 0.25) is 0 Å². The zero-order chi connectivity index (χ0) is 19.4. The number of carbonyl (C=O) groups excluding carboxylic acids is 1. The van der Waals surface area contributed by atoms with E-state index in [0.29, 0.717) is 10.5 Å². The molecule has 0 atom stereocenters. The third-order valence-electron chi connectivity index (χ3n) is 3.31. The molecule has 0 spiro atoms. The van der Waals surface area contributed by atoms with Gasteiger partial charge in [0, 0.05) is 27.7 Å². The molecule has 0 aromatic heterocycles. The minimum Gasteiger partial charge on any atom is -0.429 e. The van der Waals surface area contributed by atoms with Crippen molar-refractivity contribution in [1.29, 1.82) is 0 Å². The van der Waals surface area contributed by atoms with E-state index in [1.807, 2.05) is 30.3 Å². The average Bonchev–Trinajstić information content (AvgIpc) is 2.51. The highest BCUT2D eigenvalue weighted by Gasteiger charge is 2.35. The van der Waals surface area contributed by atoms with Crippen LogP contribution < -0.4 is 18.7 Å². The summed E-state index contributed by atoms with van der Waals surface area (Å²) in [6.45, 7) is 1.78. The summed E-state index contributed by atoms with van der Waals surface area (Å²) in [5.41, 5.74) is 1.45. The molecule has 0 aliphatic carbocycles. The molecule has 0 N–H and O–H groups in total. The van der Waals surface area contributed by atoms with Crippen LogP contribution in [0.4, 0.5) is 4.79 Å². The molecule has 2 aromatic rings. The van der Waals surface area contributed by atoms with E-state index in [4.69, 9.17) is 9.47 Å². The molecule has 0 saturated heterocycles. The zero-order valence-electron chi connectivity index (χ0n) is 14.5. The molecular weight excluding hydrogens is 384 g/mol. The maximum Gasteiger partial charge on any atom is 0.514 e. The first-order valence-electron chi connectivity index (χ1n) is 7.41. The molecule has 9 heteroatoms. The summed E-state index contributed by atoms with van der Waals surface area (Å²) in [4.78, 5) is 12.3. The Bertz CT molecular complexity index is 759. The van der Waals surface area contributed by atoms with Gasteiger partial charge in [-0.3, -0.25) is 0 Å². The Balaban J connectivity index is 2.01. The number of rotatable bonds is 6. The lowest BCUT2D eigenvalue weighted by atomic mass is 10.2. The van der Waals surface area contributed by atoms with Gasteiger partial charge in [0.25, 0.3) is 0 Å². The summed E-state index contributed by atoms with van der Waals surface area (Å²) < 4.78 is 47.4. The summed E-state index contributed by atoms with van der Waals surface area (Å²) in [5.74, 6) is 0.238. The van der Waals surface area contributed by atoms with Gasteiger partial charge in [0.1, 0.15) is 16.1 Å². The van der Waals surface area contributed by atoms with Gasteiger partial charge in [-0.25, -0.2) is 4.79 Å². The monoisotopic (exact) mass is 402 g/mol. The molecule has 0 amide bonds. The van der Waals surface area contributed by atoms with Crippen molar-refractivity contribution < 1.29 is 42.2 Å². The van der Waals surface area contributed by atoms with Gasteiger partial charge < -0.3 is 9.47 Å². The van der Waals surface area contributed by atoms with Gasteiger partial charge >= 0.3 is 6.16 Å². The van der Waals surface area contributed by atoms with Crippen molar-refractivity contribution in [3.05, 3.63) is 59.7 Å². The second-order valence-electron chi connectivity index (χ2n) is 5.73. The van der Waals surface area contributed by atoms with Crippen LogP contribution >= 0.6 is 10.3 Å². The number of aryl methyl sites for hydroxylation is 1. The van der Waals surface area contributed by atoms with E-state index in [1.165, 1.54) is 18.6 Å². The number of ether oxygens (including phenoxy) is 2. The molecule has 0 bridgehead atoms. The second-order valence-corrected chi connectivity index (χ2v) is 9.89. The maximum atomic E-state index is 11.8. The third kappa shape index (κ3) is 6.17. The van der Waals surface area contributed by atoms with Crippen molar-refractivity contribution in [2.45, 2.75) is 18.4 Å². The predicted octanol–water partition coefficient (Wildman–Crippen LogP) is 0.963. The lowest BCUT2D eigenvalue weighted by Gasteiger charge is -2.28. The molecule has 0 heterocycles. The van der Waals surface area contributed by atoms with Crippen molar-refractivity contribution >= 4 is 16.5 Å². The standard InChI is InChI=1S/C17H19ClO7S/c1-13-11-15(9-10-16(13)26(2,3)25-18(20,21)22)24-17(19)23-12-14-7-5-4-6-8-14/h4-11H,12H2,1-3H3. The first-order valence-corrected chi connectivity index (χ1v) is 11.0. The largest absolute Gasteiger partial charge is 0.514 e. The Hall–Kier alpha value is -1.81. The van der Waals surface area contributed by atoms with Gasteiger partial charge in [-0.15, -0.1) is 0 Å². The molecular formula is C17H19ClO7S. The van der Waals surface area contributed by atoms with Crippen LogP contribution in [0.25, 0.3) is 0 Å². The summed E-state index contributed by atoms with van der Waals surface area (Å²) in [6.07, 6.45) is 2.21. The molecule has 0 fully saturated rings. The van der Waals surface area contributed by atoms with Crippen molar-refractivity contribution in [1.82, 2.24) is 0 Å². The number of carbonyl (C=O) groups is 1. The highest BCUT2D eigenvalue weighted by Crippen LogP contribution is 2.53. The highest BCUT2D eigenvalue weighted by molar-refractivity contribution is 8.28. The Labute approximate surface area is 155 Å². The zero-order valence-corrected chi connectivity index (χ0v) is 16.0. The fraction of sp³-hybridized carbons (Fsp3) is 0.235. The second kappa shape index (κ2) is 8.26. The lowest BCUT2D eigenvalue weighted by Crippen LogP contribution is -2.61. The minimum atomic E-state index is -4.54. The van der Waals surface area contributed by atoms with Crippen LogP contribution in [0, 0.1) is 17.2 Å². The van der Waals surface area contributed by atoms with Gasteiger partial charge in [-0.1, -0.05) is 30.3 Å². The first-order chi connectivity index (χ1) is 12.1. The van der Waals surface area contributed by atoms with E-state index in [1.54, 1.807) is 19.1 Å². The molecule has 26 heavy (non-hydrogen) atoms. The molecule has 0 unspecified atom stereocenters. The fourth-order valence-corrected chi connectivity index (χ4v) is 5.35. The Morgan fingerprint density at radius 3 is 2.31 bits per heavy atom. The van der Waals surface area contributed by atoms with E-state index in [9.17, 15) is 18.8 Å². The van der Waals surface area contributed by atoms with Crippen LogP contribution in [0.1, 0.15) is 11.1 Å². The van der Waals surface area contributed by atoms with Crippen LogP contribution in [0.3, 0.4) is 0 Å². The maximum absolute atomic E-state index is 11.8. The molecule has 2 rings (SSSR count). The molecule has 142 valence electrons. The Morgan fingerprint density at radius 1 is 1.08 bits per heavy atom. The SMILES string of the molecule is Cc1cc(OC(=O)OCc2ccccc2)ccc1S(C)(C)O[Cl+3]([O-])([O-])[O-]. The van der Waals surface area contributed by atoms with Crippen LogP contribution in [0.15, 0.2) is 53.4 Å². The smallest absolute Gasteiger partial charge is 0.429 e. The quantitative estimate of drug-likeness (QED) is 0.522. The Morgan fingerprint density at radius 2 is 1.73 bits per heavy atom. The normalized spacial score (nSPS) is 12.5. The van der Waals surface area contributed by atoms with Gasteiger partial charge in [-0.2, -0.15) is 14.0 Å². The van der Waals surface area contributed by atoms with Gasteiger partial charge in [0.15, 0.2) is 0 Å². The van der Waals surface area contributed by atoms with E-state index in [2.05, 4.69) is 3.74 Å². The number of hydrogen-bond acceptors (Lipinski definition) is 7. The fourth-order valence-electron chi connectivity index (χ4n) is 2.31. The van der Waals surface area contributed by atoms with E-state index < -0.39 is 26.7 Å². The average molecular weight is 403 g/mol. The van der Waals surface area contributed by atoms with E-state index >= 15 is 0 Å². The third-order valence-corrected chi connectivity index (χ3v) is 6.71. The molecule has 0 aliphatic rings. The molecule has 0 saturated carbocycles. The molecule has 2 aromatic carbocycles. The number of hydrogen-bond donors (Lipinski definition) is 0. The first kappa shape index (κ1) is 20.5. The predicted molar refractivity (Wildman–Crippen MR) is 87.2 cm³/mol. The molecule has 7 nitrogen and oxygen atoms in total. The summed E-state index contributed by atoms with van der Waals surface area (Å²) in [5, 5.41) is 0. The lowest BCUT2D eigenvalue weighted by molar-refractivity contribution is -1.91. The minimum absolute atomic E-state index is 0.0855. The van der Waals surface area contributed by atoms with Crippen molar-refractivity contribution in [3.63, 3.8) is 0 Å². The van der Waals surface area contributed by atoms with E-state index in [-0.39, 0.29) is 12.4 Å². The summed E-state index contributed by atoms with van der Waals surface area (Å²) in [7, 11) is -6.87. The van der Waals surface area contributed by atoms with Gasteiger partial charge in [0.2, 0.25) is 0 Å². The van der Waals surface area contributed by atoms with E-state index in [0.717, 1.165) is 5.56 Å². The Kier molecular flexibility index (Phi) is 6.51. The van der Waals surface area contributed by atoms with Crippen molar-refractivity contribution in [2.24, 2.45) is 0 Å². The number of benzene rings is 2. The van der Waals surface area contributed by atoms with Crippen LogP contribution in [0.5, 0.6) is 5.75 Å². The van der Waals surface area contributed by atoms with Gasteiger partial charge in [0.05, 0.1) is 10.2 Å². The summed E-state index contributed by atoms with van der Waals surface area (Å²) >= 11 is 0. The van der Waals surface area contributed by atoms with Crippen molar-refractivity contribution in [3.8, 4) is 5.75 Å².